The summed E-state index contributed by atoms with van der Waals surface area (Å²) in [4.78, 5) is 27.7. The number of rotatable bonds is 6. The van der Waals surface area contributed by atoms with Gasteiger partial charge in [-0.1, -0.05) is 11.6 Å². The number of nitrogens with one attached hydrogen (secondary N) is 2. The molecule has 3 aromatic rings. The van der Waals surface area contributed by atoms with Gasteiger partial charge in [-0.05, 0) is 42.6 Å². The Hall–Kier alpha value is -3.48. The molecule has 1 amide bonds. The van der Waals surface area contributed by atoms with Crippen LogP contribution in [0.2, 0.25) is 0 Å². The predicted molar refractivity (Wildman–Crippen MR) is 107 cm³/mol. The number of amides is 1. The van der Waals surface area contributed by atoms with Crippen LogP contribution in [0.15, 0.2) is 41.2 Å². The first-order chi connectivity index (χ1) is 13.5. The summed E-state index contributed by atoms with van der Waals surface area (Å²) in [7, 11) is 4.46. The van der Waals surface area contributed by atoms with Crippen LogP contribution in [0.5, 0.6) is 17.2 Å². The van der Waals surface area contributed by atoms with Gasteiger partial charge >= 0.3 is 0 Å². The first kappa shape index (κ1) is 19.3. The zero-order valence-electron chi connectivity index (χ0n) is 16.2. The molecule has 0 aliphatic carbocycles. The van der Waals surface area contributed by atoms with Crippen molar-refractivity contribution < 1.29 is 19.0 Å². The van der Waals surface area contributed by atoms with Crippen molar-refractivity contribution in [3.63, 3.8) is 0 Å². The van der Waals surface area contributed by atoms with Crippen molar-refractivity contribution in [2.75, 3.05) is 21.3 Å². The summed E-state index contributed by atoms with van der Waals surface area (Å²) in [5, 5.41) is 3.68. The zero-order chi connectivity index (χ0) is 20.3. The maximum absolute atomic E-state index is 12.6. The van der Waals surface area contributed by atoms with Crippen molar-refractivity contribution in [2.45, 2.75) is 13.5 Å². The first-order valence-corrected chi connectivity index (χ1v) is 8.67. The molecule has 0 fully saturated rings. The Kier molecular flexibility index (Phi) is 5.54. The minimum Gasteiger partial charge on any atom is -0.493 e. The summed E-state index contributed by atoms with van der Waals surface area (Å²) < 4.78 is 15.8. The van der Waals surface area contributed by atoms with E-state index >= 15 is 0 Å². The van der Waals surface area contributed by atoms with E-state index in [0.717, 1.165) is 16.5 Å². The minimum atomic E-state index is -0.358. The highest BCUT2D eigenvalue weighted by atomic mass is 16.5. The van der Waals surface area contributed by atoms with Gasteiger partial charge in [-0.3, -0.25) is 9.59 Å². The molecule has 7 heteroatoms. The molecular formula is C21H22N2O5. The van der Waals surface area contributed by atoms with Crippen LogP contribution in [0, 0.1) is 6.92 Å². The lowest BCUT2D eigenvalue weighted by molar-refractivity contribution is 0.0950. The molecule has 3 rings (SSSR count). The molecule has 1 heterocycles. The van der Waals surface area contributed by atoms with Crippen LogP contribution >= 0.6 is 0 Å². The van der Waals surface area contributed by atoms with Crippen molar-refractivity contribution >= 4 is 16.8 Å². The van der Waals surface area contributed by atoms with Crippen molar-refractivity contribution in [2.24, 2.45) is 0 Å². The second-order valence-electron chi connectivity index (χ2n) is 6.31. The average molecular weight is 382 g/mol. The van der Waals surface area contributed by atoms with Crippen LogP contribution in [-0.2, 0) is 6.54 Å². The number of ether oxygens (including phenoxy) is 3. The van der Waals surface area contributed by atoms with Gasteiger partial charge in [0.15, 0.2) is 11.5 Å². The third-order valence-electron chi connectivity index (χ3n) is 4.44. The van der Waals surface area contributed by atoms with Gasteiger partial charge in [0.2, 0.25) is 5.75 Å². The van der Waals surface area contributed by atoms with Crippen molar-refractivity contribution in [3.05, 3.63) is 63.4 Å². The number of hydrogen-bond acceptors (Lipinski definition) is 5. The summed E-state index contributed by atoms with van der Waals surface area (Å²) in [5.41, 5.74) is 2.42. The number of carbonyl (C=O) groups is 1. The van der Waals surface area contributed by atoms with Gasteiger partial charge in [-0.2, -0.15) is 0 Å². The lowest BCUT2D eigenvalue weighted by Gasteiger charge is -2.14. The number of hydrogen-bond donors (Lipinski definition) is 2. The van der Waals surface area contributed by atoms with Crippen molar-refractivity contribution in [1.29, 1.82) is 0 Å². The Balaban J connectivity index is 1.85. The summed E-state index contributed by atoms with van der Waals surface area (Å²) >= 11 is 0. The van der Waals surface area contributed by atoms with E-state index in [2.05, 4.69) is 10.3 Å². The van der Waals surface area contributed by atoms with Crippen LogP contribution in [0.25, 0.3) is 10.9 Å². The normalized spacial score (nSPS) is 10.6. The highest BCUT2D eigenvalue weighted by Gasteiger charge is 2.17. The Labute approximate surface area is 162 Å². The number of methoxy groups -OCH3 is 3. The molecule has 2 N–H and O–H groups in total. The maximum Gasteiger partial charge on any atom is 0.253 e. The number of aromatic amines is 1. The molecule has 0 spiro atoms. The van der Waals surface area contributed by atoms with Gasteiger partial charge in [0.05, 0.1) is 21.3 Å². The van der Waals surface area contributed by atoms with E-state index in [0.29, 0.717) is 28.4 Å². The first-order valence-electron chi connectivity index (χ1n) is 8.67. The number of carbonyl (C=O) groups excluding carboxylic acids is 1. The molecule has 2 aromatic carbocycles. The van der Waals surface area contributed by atoms with E-state index in [1.807, 2.05) is 25.1 Å². The second kappa shape index (κ2) is 8.04. The van der Waals surface area contributed by atoms with Crippen LogP contribution < -0.4 is 25.1 Å². The lowest BCUT2D eigenvalue weighted by atomic mass is 10.1. The third-order valence-corrected chi connectivity index (χ3v) is 4.44. The van der Waals surface area contributed by atoms with Crippen LogP contribution in [0.1, 0.15) is 21.5 Å². The molecule has 0 aliphatic heterocycles. The number of benzene rings is 2. The van der Waals surface area contributed by atoms with Crippen molar-refractivity contribution in [1.82, 2.24) is 10.3 Å². The third kappa shape index (κ3) is 3.78. The summed E-state index contributed by atoms with van der Waals surface area (Å²) in [6, 6.07) is 10.7. The number of pyridine rings is 1. The Bertz CT molecular complexity index is 1060. The maximum atomic E-state index is 12.6. The minimum absolute atomic E-state index is 0.0920. The van der Waals surface area contributed by atoms with Gasteiger partial charge in [0.25, 0.3) is 11.5 Å². The van der Waals surface area contributed by atoms with Crippen molar-refractivity contribution in [3.8, 4) is 17.2 Å². The molecule has 0 saturated heterocycles. The molecule has 0 atom stereocenters. The van der Waals surface area contributed by atoms with E-state index < -0.39 is 0 Å². The van der Waals surface area contributed by atoms with Gasteiger partial charge in [-0.15, -0.1) is 0 Å². The van der Waals surface area contributed by atoms with Crippen LogP contribution in [0.3, 0.4) is 0 Å². The quantitative estimate of drug-likeness (QED) is 0.684. The fourth-order valence-electron chi connectivity index (χ4n) is 2.99. The standard InChI is InChI=1S/C21H22N2O5/c1-12-5-6-16-13(7-12)8-15(21(25)23-16)11-22-20(24)14-9-17(26-2)19(28-4)18(10-14)27-3/h5-10H,11H2,1-4H3,(H,22,24)(H,23,25). The summed E-state index contributed by atoms with van der Waals surface area (Å²) in [6.07, 6.45) is 0. The molecule has 1 aromatic heterocycles. The number of aromatic nitrogens is 1. The Morgan fingerprint density at radius 1 is 1.00 bits per heavy atom. The number of fused-ring (bicyclic) bond motifs is 1. The Morgan fingerprint density at radius 2 is 1.68 bits per heavy atom. The molecular weight excluding hydrogens is 360 g/mol. The zero-order valence-corrected chi connectivity index (χ0v) is 16.2. The summed E-state index contributed by atoms with van der Waals surface area (Å²) in [6.45, 7) is 2.07. The molecule has 28 heavy (non-hydrogen) atoms. The monoisotopic (exact) mass is 382 g/mol. The van der Waals surface area contributed by atoms with E-state index in [4.69, 9.17) is 14.2 Å². The molecule has 0 unspecified atom stereocenters. The number of aryl methyl sites for hydroxylation is 1. The average Bonchev–Trinajstić information content (AvgIpc) is 2.70. The van der Waals surface area contributed by atoms with E-state index in [1.165, 1.54) is 21.3 Å². The van der Waals surface area contributed by atoms with E-state index in [9.17, 15) is 9.59 Å². The fraction of sp³-hybridized carbons (Fsp3) is 0.238. The Morgan fingerprint density at radius 3 is 2.29 bits per heavy atom. The fourth-order valence-corrected chi connectivity index (χ4v) is 2.99. The highest BCUT2D eigenvalue weighted by Crippen LogP contribution is 2.38. The molecule has 0 saturated carbocycles. The van der Waals surface area contributed by atoms with Gasteiger partial charge in [0.1, 0.15) is 0 Å². The smallest absolute Gasteiger partial charge is 0.253 e. The predicted octanol–water partition coefficient (Wildman–Crippen LogP) is 2.79. The van der Waals surface area contributed by atoms with E-state index in [-0.39, 0.29) is 18.0 Å². The highest BCUT2D eigenvalue weighted by molar-refractivity contribution is 5.95. The van der Waals surface area contributed by atoms with Crippen LogP contribution in [-0.4, -0.2) is 32.2 Å². The molecule has 7 nitrogen and oxygen atoms in total. The van der Waals surface area contributed by atoms with Gasteiger partial charge in [0, 0.05) is 23.2 Å². The molecule has 0 radical (unpaired) electrons. The molecule has 0 aliphatic rings. The van der Waals surface area contributed by atoms with Crippen LogP contribution in [0.4, 0.5) is 0 Å². The lowest BCUT2D eigenvalue weighted by Crippen LogP contribution is -2.26. The topological polar surface area (TPSA) is 89.7 Å². The SMILES string of the molecule is COc1cc(C(=O)NCc2cc3cc(C)ccc3[nH]c2=O)cc(OC)c1OC. The second-order valence-corrected chi connectivity index (χ2v) is 6.31. The number of H-pyrrole nitrogens is 1. The molecule has 0 bridgehead atoms. The molecule has 146 valence electrons. The van der Waals surface area contributed by atoms with Gasteiger partial charge in [-0.25, -0.2) is 0 Å². The van der Waals surface area contributed by atoms with Gasteiger partial charge < -0.3 is 24.5 Å². The summed E-state index contributed by atoms with van der Waals surface area (Å²) in [5.74, 6) is 0.808. The largest absolute Gasteiger partial charge is 0.493 e. The van der Waals surface area contributed by atoms with E-state index in [1.54, 1.807) is 18.2 Å².